The average molecular weight is 371 g/mol. The van der Waals surface area contributed by atoms with Crippen LogP contribution >= 0.6 is 0 Å². The van der Waals surface area contributed by atoms with Gasteiger partial charge in [0.25, 0.3) is 5.91 Å². The van der Waals surface area contributed by atoms with Gasteiger partial charge in [0.15, 0.2) is 0 Å². The van der Waals surface area contributed by atoms with E-state index in [9.17, 15) is 18.8 Å². The molecule has 2 aromatic heterocycles. The molecule has 1 aromatic carbocycles. The number of carboxylic acid groups (broad SMARTS) is 2. The van der Waals surface area contributed by atoms with Crippen molar-refractivity contribution in [2.75, 3.05) is 5.32 Å². The predicted octanol–water partition coefficient (Wildman–Crippen LogP) is 2.68. The SMILES string of the molecule is CCc1nc2ccc(F)cn2c1C(=O)Nc1cc(C(=O)O)cc(C(=O)O)c1. The topological polar surface area (TPSA) is 121 Å². The van der Waals surface area contributed by atoms with Crippen LogP contribution < -0.4 is 5.32 Å². The lowest BCUT2D eigenvalue weighted by atomic mass is 10.1. The summed E-state index contributed by atoms with van der Waals surface area (Å²) in [5, 5.41) is 20.7. The highest BCUT2D eigenvalue weighted by molar-refractivity contribution is 6.06. The Balaban J connectivity index is 2.06. The molecule has 0 bridgehead atoms. The molecule has 3 aromatic rings. The first-order chi connectivity index (χ1) is 12.8. The Kier molecular flexibility index (Phi) is 4.59. The third-order valence-corrected chi connectivity index (χ3v) is 3.89. The van der Waals surface area contributed by atoms with Crippen LogP contribution in [0.2, 0.25) is 0 Å². The summed E-state index contributed by atoms with van der Waals surface area (Å²) in [7, 11) is 0. The second-order valence-electron chi connectivity index (χ2n) is 5.70. The Morgan fingerprint density at radius 2 is 1.74 bits per heavy atom. The second kappa shape index (κ2) is 6.87. The Morgan fingerprint density at radius 3 is 2.30 bits per heavy atom. The monoisotopic (exact) mass is 371 g/mol. The van der Waals surface area contributed by atoms with Crippen molar-refractivity contribution in [3.8, 4) is 0 Å². The van der Waals surface area contributed by atoms with Crippen LogP contribution in [0, 0.1) is 5.82 Å². The number of aryl methyl sites for hydroxylation is 1. The first-order valence-corrected chi connectivity index (χ1v) is 7.89. The lowest BCUT2D eigenvalue weighted by molar-refractivity contribution is 0.0696. The predicted molar refractivity (Wildman–Crippen MR) is 92.8 cm³/mol. The summed E-state index contributed by atoms with van der Waals surface area (Å²) in [5.74, 6) is -3.89. The number of halogens is 1. The van der Waals surface area contributed by atoms with Crippen molar-refractivity contribution in [3.63, 3.8) is 0 Å². The molecule has 0 aliphatic heterocycles. The van der Waals surface area contributed by atoms with E-state index in [0.717, 1.165) is 24.4 Å². The van der Waals surface area contributed by atoms with Gasteiger partial charge in [-0.15, -0.1) is 0 Å². The number of carbonyl (C=O) groups is 3. The van der Waals surface area contributed by atoms with E-state index in [1.807, 2.05) is 0 Å². The lowest BCUT2D eigenvalue weighted by Gasteiger charge is -2.09. The van der Waals surface area contributed by atoms with Gasteiger partial charge in [0.05, 0.1) is 16.8 Å². The normalized spacial score (nSPS) is 10.7. The number of nitrogens with one attached hydrogen (secondary N) is 1. The van der Waals surface area contributed by atoms with E-state index < -0.39 is 23.7 Å². The highest BCUT2D eigenvalue weighted by atomic mass is 19.1. The molecular formula is C18H14FN3O5. The number of fused-ring (bicyclic) bond motifs is 1. The summed E-state index contributed by atoms with van der Waals surface area (Å²) in [6, 6.07) is 5.92. The molecule has 0 spiro atoms. The summed E-state index contributed by atoms with van der Waals surface area (Å²) in [4.78, 5) is 39.4. The number of nitrogens with zero attached hydrogens (tertiary/aromatic N) is 2. The number of imidazole rings is 1. The number of hydrogen-bond acceptors (Lipinski definition) is 4. The van der Waals surface area contributed by atoms with Gasteiger partial charge in [-0.3, -0.25) is 9.20 Å². The smallest absolute Gasteiger partial charge is 0.335 e. The zero-order valence-electron chi connectivity index (χ0n) is 14.1. The molecule has 2 heterocycles. The Morgan fingerprint density at radius 1 is 1.11 bits per heavy atom. The van der Waals surface area contributed by atoms with Gasteiger partial charge in [0.1, 0.15) is 17.2 Å². The van der Waals surface area contributed by atoms with E-state index in [1.165, 1.54) is 16.5 Å². The van der Waals surface area contributed by atoms with Gasteiger partial charge in [-0.1, -0.05) is 6.92 Å². The minimum absolute atomic E-state index is 0.00861. The van der Waals surface area contributed by atoms with Crippen LogP contribution in [0.25, 0.3) is 5.65 Å². The molecule has 0 fully saturated rings. The summed E-state index contributed by atoms with van der Waals surface area (Å²) < 4.78 is 14.9. The van der Waals surface area contributed by atoms with Gasteiger partial charge in [-0.25, -0.2) is 19.0 Å². The quantitative estimate of drug-likeness (QED) is 0.634. The third-order valence-electron chi connectivity index (χ3n) is 3.89. The van der Waals surface area contributed by atoms with Crippen LogP contribution in [0.3, 0.4) is 0 Å². The minimum atomic E-state index is -1.33. The minimum Gasteiger partial charge on any atom is -0.478 e. The number of rotatable bonds is 5. The van der Waals surface area contributed by atoms with E-state index in [0.29, 0.717) is 17.8 Å². The van der Waals surface area contributed by atoms with Crippen molar-refractivity contribution in [2.45, 2.75) is 13.3 Å². The molecule has 27 heavy (non-hydrogen) atoms. The van der Waals surface area contributed by atoms with Crippen molar-refractivity contribution in [1.82, 2.24) is 9.38 Å². The maximum atomic E-state index is 13.6. The van der Waals surface area contributed by atoms with Crippen molar-refractivity contribution in [3.05, 3.63) is 64.9 Å². The molecule has 0 saturated heterocycles. The molecule has 8 nitrogen and oxygen atoms in total. The Hall–Kier alpha value is -3.75. The van der Waals surface area contributed by atoms with E-state index in [-0.39, 0.29) is 22.5 Å². The van der Waals surface area contributed by atoms with Crippen molar-refractivity contribution >= 4 is 29.2 Å². The van der Waals surface area contributed by atoms with Gasteiger partial charge >= 0.3 is 11.9 Å². The summed E-state index contributed by atoms with van der Waals surface area (Å²) in [5.41, 5.74) is 0.306. The fourth-order valence-corrected chi connectivity index (χ4v) is 2.69. The largest absolute Gasteiger partial charge is 0.478 e. The lowest BCUT2D eigenvalue weighted by Crippen LogP contribution is -2.17. The molecule has 3 N–H and O–H groups in total. The molecule has 0 aliphatic carbocycles. The fourth-order valence-electron chi connectivity index (χ4n) is 2.69. The van der Waals surface area contributed by atoms with Crippen LogP contribution in [0.15, 0.2) is 36.5 Å². The summed E-state index contributed by atoms with van der Waals surface area (Å²) in [6.45, 7) is 1.78. The first kappa shape index (κ1) is 18.1. The number of pyridine rings is 1. The first-order valence-electron chi connectivity index (χ1n) is 7.89. The highest BCUT2D eigenvalue weighted by Crippen LogP contribution is 2.19. The maximum absolute atomic E-state index is 13.6. The molecule has 0 saturated carbocycles. The van der Waals surface area contributed by atoms with Gasteiger partial charge in [0.2, 0.25) is 0 Å². The molecule has 0 atom stereocenters. The molecule has 0 aliphatic rings. The number of hydrogen-bond donors (Lipinski definition) is 3. The zero-order chi connectivity index (χ0) is 19.7. The second-order valence-corrected chi connectivity index (χ2v) is 5.70. The van der Waals surface area contributed by atoms with Crippen molar-refractivity contribution in [1.29, 1.82) is 0 Å². The van der Waals surface area contributed by atoms with Crippen LogP contribution in [0.5, 0.6) is 0 Å². The zero-order valence-corrected chi connectivity index (χ0v) is 14.1. The highest BCUT2D eigenvalue weighted by Gasteiger charge is 2.20. The molecule has 9 heteroatoms. The van der Waals surface area contributed by atoms with E-state index in [2.05, 4.69) is 10.3 Å². The van der Waals surface area contributed by atoms with Crippen LogP contribution in [0.4, 0.5) is 10.1 Å². The van der Waals surface area contributed by atoms with Crippen LogP contribution in [-0.4, -0.2) is 37.4 Å². The number of benzene rings is 1. The average Bonchev–Trinajstić information content (AvgIpc) is 2.99. The Labute approximate surface area is 151 Å². The van der Waals surface area contributed by atoms with Crippen molar-refractivity contribution < 1.29 is 29.0 Å². The number of carbonyl (C=O) groups excluding carboxylic acids is 1. The van der Waals surface area contributed by atoms with Gasteiger partial charge < -0.3 is 15.5 Å². The summed E-state index contributed by atoms with van der Waals surface area (Å²) in [6.07, 6.45) is 1.52. The van der Waals surface area contributed by atoms with Gasteiger partial charge in [-0.05, 0) is 36.8 Å². The van der Waals surface area contributed by atoms with Crippen LogP contribution in [0.1, 0.15) is 43.8 Å². The molecule has 0 radical (unpaired) electrons. The molecular weight excluding hydrogens is 357 g/mol. The van der Waals surface area contributed by atoms with E-state index in [1.54, 1.807) is 6.92 Å². The van der Waals surface area contributed by atoms with E-state index >= 15 is 0 Å². The van der Waals surface area contributed by atoms with Gasteiger partial charge in [-0.2, -0.15) is 0 Å². The third kappa shape index (κ3) is 3.47. The molecule has 138 valence electrons. The van der Waals surface area contributed by atoms with Crippen molar-refractivity contribution in [2.24, 2.45) is 0 Å². The number of aromatic nitrogens is 2. The molecule has 0 unspecified atom stereocenters. The Bertz CT molecular complexity index is 1060. The van der Waals surface area contributed by atoms with Crippen LogP contribution in [-0.2, 0) is 6.42 Å². The number of aromatic carboxylic acids is 2. The number of anilines is 1. The standard InChI is InChI=1S/C18H14FN3O5/c1-2-13-15(22-8-11(19)3-4-14(22)21-13)16(23)20-12-6-9(17(24)25)5-10(7-12)18(26)27/h3-8H,2H2,1H3,(H,20,23)(H,24,25)(H,26,27). The fraction of sp³-hybridized carbons (Fsp3) is 0.111. The maximum Gasteiger partial charge on any atom is 0.335 e. The summed E-state index contributed by atoms with van der Waals surface area (Å²) >= 11 is 0. The molecule has 1 amide bonds. The number of amides is 1. The van der Waals surface area contributed by atoms with E-state index in [4.69, 9.17) is 10.2 Å². The van der Waals surface area contributed by atoms with Gasteiger partial charge in [0, 0.05) is 11.9 Å². The number of carboxylic acids is 2. The molecule has 3 rings (SSSR count).